The molecule has 0 saturated carbocycles. The first-order valence-electron chi connectivity index (χ1n) is 9.14. The summed E-state index contributed by atoms with van der Waals surface area (Å²) in [6, 6.07) is 4.25. The van der Waals surface area contributed by atoms with E-state index < -0.39 is 17.6 Å². The van der Waals surface area contributed by atoms with Gasteiger partial charge < -0.3 is 10.6 Å². The summed E-state index contributed by atoms with van der Waals surface area (Å²) in [7, 11) is 0. The fraction of sp³-hybridized carbons (Fsp3) is 0.350. The maximum atomic E-state index is 12.6. The number of amides is 1. The summed E-state index contributed by atoms with van der Waals surface area (Å²) in [4.78, 5) is 20.4. The molecule has 0 unspecified atom stereocenters. The Morgan fingerprint density at radius 3 is 2.39 bits per heavy atom. The van der Waals surface area contributed by atoms with Gasteiger partial charge in [0.2, 0.25) is 5.95 Å². The highest BCUT2D eigenvalue weighted by atomic mass is 19.4. The third-order valence-corrected chi connectivity index (χ3v) is 4.50. The van der Waals surface area contributed by atoms with Crippen molar-refractivity contribution in [3.05, 3.63) is 59.4 Å². The van der Waals surface area contributed by atoms with Gasteiger partial charge in [-0.05, 0) is 56.4 Å². The van der Waals surface area contributed by atoms with Crippen LogP contribution in [0.1, 0.15) is 48.0 Å². The minimum absolute atomic E-state index is 0.223. The van der Waals surface area contributed by atoms with Gasteiger partial charge in [-0.3, -0.25) is 4.79 Å². The lowest BCUT2D eigenvalue weighted by atomic mass is 9.97. The van der Waals surface area contributed by atoms with E-state index in [0.717, 1.165) is 37.9 Å². The minimum atomic E-state index is -4.41. The number of benzene rings is 1. The molecule has 148 valence electrons. The molecule has 0 aliphatic heterocycles. The average Bonchev–Trinajstić information content (AvgIpc) is 2.69. The van der Waals surface area contributed by atoms with Crippen molar-refractivity contribution in [1.82, 2.24) is 9.97 Å². The van der Waals surface area contributed by atoms with Gasteiger partial charge in [-0.1, -0.05) is 11.6 Å². The summed E-state index contributed by atoms with van der Waals surface area (Å²) in [6.07, 6.45) is 6.39. The molecule has 1 amide bonds. The number of halogens is 3. The number of nitrogens with zero attached hydrogens (tertiary/aromatic N) is 2. The molecule has 2 aromatic rings. The average molecular weight is 390 g/mol. The van der Waals surface area contributed by atoms with Crippen LogP contribution in [0.2, 0.25) is 0 Å². The van der Waals surface area contributed by atoms with Crippen molar-refractivity contribution in [3.8, 4) is 0 Å². The molecular formula is C20H21F3N4O. The third kappa shape index (κ3) is 5.55. The van der Waals surface area contributed by atoms with E-state index in [1.807, 2.05) is 0 Å². The predicted molar refractivity (Wildman–Crippen MR) is 101 cm³/mol. The van der Waals surface area contributed by atoms with Gasteiger partial charge in [0.05, 0.1) is 11.1 Å². The van der Waals surface area contributed by atoms with Crippen molar-refractivity contribution < 1.29 is 18.0 Å². The van der Waals surface area contributed by atoms with Crippen LogP contribution in [0.4, 0.5) is 24.8 Å². The van der Waals surface area contributed by atoms with Crippen molar-refractivity contribution >= 4 is 17.5 Å². The van der Waals surface area contributed by atoms with Crippen LogP contribution in [0.25, 0.3) is 0 Å². The molecule has 5 nitrogen and oxygen atoms in total. The van der Waals surface area contributed by atoms with Gasteiger partial charge in [0, 0.05) is 24.6 Å². The summed E-state index contributed by atoms with van der Waals surface area (Å²) in [5.74, 6) is -0.0545. The number of aromatic nitrogens is 2. The number of carbonyl (C=O) groups excluding carboxylic acids is 1. The largest absolute Gasteiger partial charge is 0.416 e. The lowest BCUT2D eigenvalue weighted by Crippen LogP contribution is -2.14. The molecule has 0 fully saturated rings. The monoisotopic (exact) mass is 390 g/mol. The van der Waals surface area contributed by atoms with Crippen molar-refractivity contribution in [2.45, 2.75) is 38.3 Å². The van der Waals surface area contributed by atoms with Gasteiger partial charge in [-0.25, -0.2) is 9.97 Å². The maximum Gasteiger partial charge on any atom is 0.416 e. The zero-order chi connectivity index (χ0) is 20.0. The van der Waals surface area contributed by atoms with Crippen molar-refractivity contribution in [2.24, 2.45) is 0 Å². The molecule has 1 aromatic heterocycles. The first kappa shape index (κ1) is 19.9. The van der Waals surface area contributed by atoms with E-state index in [4.69, 9.17) is 0 Å². The van der Waals surface area contributed by atoms with Gasteiger partial charge >= 0.3 is 6.18 Å². The van der Waals surface area contributed by atoms with Gasteiger partial charge in [0.15, 0.2) is 0 Å². The molecule has 28 heavy (non-hydrogen) atoms. The molecule has 1 heterocycles. The van der Waals surface area contributed by atoms with E-state index in [1.165, 1.54) is 42.9 Å². The molecule has 8 heteroatoms. The second-order valence-corrected chi connectivity index (χ2v) is 6.61. The first-order chi connectivity index (χ1) is 13.4. The predicted octanol–water partition coefficient (Wildman–Crippen LogP) is 5.05. The van der Waals surface area contributed by atoms with Gasteiger partial charge in [-0.2, -0.15) is 13.2 Å². The quantitative estimate of drug-likeness (QED) is 0.678. The van der Waals surface area contributed by atoms with Crippen LogP contribution in [0.3, 0.4) is 0 Å². The van der Waals surface area contributed by atoms with Gasteiger partial charge in [0.1, 0.15) is 0 Å². The number of allylic oxidation sites excluding steroid dienone is 1. The van der Waals surface area contributed by atoms with Gasteiger partial charge in [0.25, 0.3) is 5.91 Å². The Hall–Kier alpha value is -2.90. The molecule has 1 aromatic carbocycles. The summed E-state index contributed by atoms with van der Waals surface area (Å²) in [5.41, 5.74) is 1.17. The molecule has 0 bridgehead atoms. The van der Waals surface area contributed by atoms with E-state index >= 15 is 0 Å². The highest BCUT2D eigenvalue weighted by Crippen LogP contribution is 2.29. The summed E-state index contributed by atoms with van der Waals surface area (Å²) in [6.45, 7) is 0.725. The van der Waals surface area contributed by atoms with Crippen LogP contribution >= 0.6 is 0 Å². The zero-order valence-electron chi connectivity index (χ0n) is 15.2. The molecular weight excluding hydrogens is 369 g/mol. The maximum absolute atomic E-state index is 12.6. The molecule has 0 radical (unpaired) electrons. The van der Waals surface area contributed by atoms with E-state index in [2.05, 4.69) is 26.7 Å². The number of anilines is 2. The second-order valence-electron chi connectivity index (χ2n) is 6.61. The number of alkyl halides is 3. The number of nitrogens with one attached hydrogen (secondary N) is 2. The van der Waals surface area contributed by atoms with Crippen LogP contribution in [0.15, 0.2) is 48.3 Å². The Bertz CT molecular complexity index is 830. The molecule has 2 N–H and O–H groups in total. The molecule has 1 aliphatic rings. The van der Waals surface area contributed by atoms with Crippen LogP contribution < -0.4 is 10.6 Å². The fourth-order valence-electron chi connectivity index (χ4n) is 2.95. The Labute approximate surface area is 161 Å². The number of carbonyl (C=O) groups is 1. The lowest BCUT2D eigenvalue weighted by molar-refractivity contribution is -0.137. The lowest BCUT2D eigenvalue weighted by Gasteiger charge is -2.13. The molecule has 1 aliphatic carbocycles. The molecule has 0 saturated heterocycles. The van der Waals surface area contributed by atoms with E-state index in [-0.39, 0.29) is 11.3 Å². The normalized spacial score (nSPS) is 14.3. The Morgan fingerprint density at radius 1 is 1.07 bits per heavy atom. The Kier molecular flexibility index (Phi) is 6.28. The SMILES string of the molecule is O=C(Nc1ccc(C(F)(F)F)cc1)c1cnc(NCCC2=CCCCC2)nc1. The second kappa shape index (κ2) is 8.86. The van der Waals surface area contributed by atoms with Crippen LogP contribution in [-0.2, 0) is 6.18 Å². The smallest absolute Gasteiger partial charge is 0.354 e. The summed E-state index contributed by atoms with van der Waals surface area (Å²) >= 11 is 0. The van der Waals surface area contributed by atoms with E-state index in [0.29, 0.717) is 5.95 Å². The molecule has 0 spiro atoms. The fourth-order valence-corrected chi connectivity index (χ4v) is 2.95. The van der Waals surface area contributed by atoms with Gasteiger partial charge in [-0.15, -0.1) is 0 Å². The van der Waals surface area contributed by atoms with E-state index in [9.17, 15) is 18.0 Å². The van der Waals surface area contributed by atoms with Crippen molar-refractivity contribution in [2.75, 3.05) is 17.2 Å². The summed E-state index contributed by atoms with van der Waals surface area (Å²) < 4.78 is 37.7. The van der Waals surface area contributed by atoms with E-state index in [1.54, 1.807) is 0 Å². The van der Waals surface area contributed by atoms with Crippen LogP contribution in [0, 0.1) is 0 Å². The standard InChI is InChI=1S/C20H21F3N4O/c21-20(22,23)16-6-8-17(9-7-16)27-18(28)15-12-25-19(26-13-15)24-11-10-14-4-2-1-3-5-14/h4,6-9,12-13H,1-3,5,10-11H2,(H,27,28)(H,24,25,26). The topological polar surface area (TPSA) is 66.9 Å². The third-order valence-electron chi connectivity index (χ3n) is 4.50. The van der Waals surface area contributed by atoms with Crippen LogP contribution in [-0.4, -0.2) is 22.4 Å². The Balaban J connectivity index is 1.51. The van der Waals surface area contributed by atoms with Crippen LogP contribution in [0.5, 0.6) is 0 Å². The van der Waals surface area contributed by atoms with Crippen molar-refractivity contribution in [1.29, 1.82) is 0 Å². The highest BCUT2D eigenvalue weighted by molar-refractivity contribution is 6.03. The number of hydrogen-bond donors (Lipinski definition) is 2. The summed E-state index contributed by atoms with van der Waals surface area (Å²) in [5, 5.41) is 5.66. The number of hydrogen-bond acceptors (Lipinski definition) is 4. The minimum Gasteiger partial charge on any atom is -0.354 e. The Morgan fingerprint density at radius 2 is 1.79 bits per heavy atom. The zero-order valence-corrected chi connectivity index (χ0v) is 15.2. The molecule has 0 atom stereocenters. The number of rotatable bonds is 6. The first-order valence-corrected chi connectivity index (χ1v) is 9.14. The van der Waals surface area contributed by atoms with Crippen molar-refractivity contribution in [3.63, 3.8) is 0 Å². The highest BCUT2D eigenvalue weighted by Gasteiger charge is 2.30. The molecule has 3 rings (SSSR count).